The molecule has 0 aliphatic heterocycles. The molecule has 0 atom stereocenters. The normalized spacial score (nSPS) is 10.9. The molecular weight excluding hydrogens is 242 g/mol. The molecule has 0 saturated carbocycles. The van der Waals surface area contributed by atoms with Crippen molar-refractivity contribution in [3.8, 4) is 0 Å². The predicted octanol–water partition coefficient (Wildman–Crippen LogP) is 2.47. The highest BCUT2D eigenvalue weighted by Gasteiger charge is 1.98. The van der Waals surface area contributed by atoms with Crippen molar-refractivity contribution in [2.45, 2.75) is 13.0 Å². The number of aryl methyl sites for hydroxylation is 1. The van der Waals surface area contributed by atoms with Gasteiger partial charge in [0.1, 0.15) is 0 Å². The Balaban J connectivity index is 1.69. The van der Waals surface area contributed by atoms with E-state index in [4.69, 9.17) is 11.6 Å². The minimum absolute atomic E-state index is 0.863. The summed E-state index contributed by atoms with van der Waals surface area (Å²) in [5.41, 5.74) is 1.21. The van der Waals surface area contributed by atoms with Crippen LogP contribution in [0.3, 0.4) is 0 Å². The van der Waals surface area contributed by atoms with Crippen LogP contribution in [0.15, 0.2) is 24.5 Å². The van der Waals surface area contributed by atoms with E-state index in [1.165, 1.54) is 10.4 Å². The number of nitrogens with one attached hydrogen (secondary N) is 1. The lowest BCUT2D eigenvalue weighted by atomic mass is 10.3. The van der Waals surface area contributed by atoms with Gasteiger partial charge in [-0.15, -0.1) is 11.3 Å². The van der Waals surface area contributed by atoms with Gasteiger partial charge in [0.2, 0.25) is 0 Å². The van der Waals surface area contributed by atoms with Gasteiger partial charge in [0.15, 0.2) is 0 Å². The smallest absolute Gasteiger partial charge is 0.0931 e. The van der Waals surface area contributed by atoms with E-state index in [1.54, 1.807) is 11.3 Å². The highest BCUT2D eigenvalue weighted by molar-refractivity contribution is 7.16. The van der Waals surface area contributed by atoms with Crippen LogP contribution in [0.1, 0.15) is 10.4 Å². The summed E-state index contributed by atoms with van der Waals surface area (Å²) in [6.07, 6.45) is 4.93. The van der Waals surface area contributed by atoms with Gasteiger partial charge in [-0.05, 0) is 18.6 Å². The first-order valence-electron chi connectivity index (χ1n) is 5.16. The monoisotopic (exact) mass is 255 g/mol. The second-order valence-corrected chi connectivity index (χ2v) is 5.45. The van der Waals surface area contributed by atoms with Crippen molar-refractivity contribution in [3.05, 3.63) is 39.3 Å². The Bertz CT molecular complexity index is 407. The summed E-state index contributed by atoms with van der Waals surface area (Å²) in [5, 5.41) is 7.50. The summed E-state index contributed by atoms with van der Waals surface area (Å²) in [4.78, 5) is 1.32. The van der Waals surface area contributed by atoms with Gasteiger partial charge in [-0.25, -0.2) is 0 Å². The first-order chi connectivity index (χ1) is 7.74. The van der Waals surface area contributed by atoms with Crippen LogP contribution in [0.5, 0.6) is 0 Å². The molecule has 5 heteroatoms. The number of thiophene rings is 1. The molecule has 0 amide bonds. The fourth-order valence-corrected chi connectivity index (χ4v) is 2.58. The summed E-state index contributed by atoms with van der Waals surface area (Å²) >= 11 is 7.51. The van der Waals surface area contributed by atoms with E-state index in [1.807, 2.05) is 30.2 Å². The minimum Gasteiger partial charge on any atom is -0.312 e. The quantitative estimate of drug-likeness (QED) is 0.832. The van der Waals surface area contributed by atoms with E-state index in [-0.39, 0.29) is 0 Å². The van der Waals surface area contributed by atoms with Crippen molar-refractivity contribution in [1.82, 2.24) is 15.1 Å². The molecule has 0 saturated heterocycles. The van der Waals surface area contributed by atoms with Crippen LogP contribution >= 0.6 is 22.9 Å². The van der Waals surface area contributed by atoms with E-state index in [0.717, 1.165) is 23.8 Å². The van der Waals surface area contributed by atoms with Crippen molar-refractivity contribution < 1.29 is 0 Å². The molecule has 86 valence electrons. The Kier molecular flexibility index (Phi) is 3.98. The lowest BCUT2D eigenvalue weighted by molar-refractivity contribution is 0.689. The summed E-state index contributed by atoms with van der Waals surface area (Å²) < 4.78 is 2.68. The maximum atomic E-state index is 5.86. The average molecular weight is 256 g/mol. The molecule has 16 heavy (non-hydrogen) atoms. The standard InChI is InChI=1S/C11H14ClN3S/c1-15-8-9(7-14-15)6-13-5-4-10-2-3-11(12)16-10/h2-3,7-8,13H,4-6H2,1H3. The zero-order valence-electron chi connectivity index (χ0n) is 9.11. The maximum absolute atomic E-state index is 5.86. The minimum atomic E-state index is 0.863. The van der Waals surface area contributed by atoms with Crippen LogP contribution < -0.4 is 5.32 Å². The summed E-state index contributed by atoms with van der Waals surface area (Å²) in [6.45, 7) is 1.83. The second-order valence-electron chi connectivity index (χ2n) is 3.65. The molecule has 2 rings (SSSR count). The van der Waals surface area contributed by atoms with Crippen LogP contribution in [0.2, 0.25) is 4.34 Å². The lowest BCUT2D eigenvalue weighted by Gasteiger charge is -2.00. The Hall–Kier alpha value is -0.840. The van der Waals surface area contributed by atoms with Crippen LogP contribution in [-0.4, -0.2) is 16.3 Å². The Labute approximate surface area is 104 Å². The Morgan fingerprint density at radius 3 is 3.00 bits per heavy atom. The highest BCUT2D eigenvalue weighted by atomic mass is 35.5. The van der Waals surface area contributed by atoms with Crippen LogP contribution in [0.4, 0.5) is 0 Å². The SMILES string of the molecule is Cn1cc(CNCCc2ccc(Cl)s2)cn1. The first kappa shape index (κ1) is 11.6. The molecule has 0 radical (unpaired) electrons. The fraction of sp³-hybridized carbons (Fsp3) is 0.364. The van der Waals surface area contributed by atoms with E-state index in [9.17, 15) is 0 Å². The molecule has 0 fully saturated rings. The van der Waals surface area contributed by atoms with Crippen LogP contribution in [-0.2, 0) is 20.0 Å². The van der Waals surface area contributed by atoms with Gasteiger partial charge in [0.25, 0.3) is 0 Å². The molecule has 2 aromatic rings. The molecule has 0 spiro atoms. The van der Waals surface area contributed by atoms with Gasteiger partial charge in [0.05, 0.1) is 10.5 Å². The number of aromatic nitrogens is 2. The molecule has 0 aliphatic rings. The van der Waals surface area contributed by atoms with Gasteiger partial charge in [0, 0.05) is 36.8 Å². The zero-order chi connectivity index (χ0) is 11.4. The molecule has 0 aliphatic carbocycles. The zero-order valence-corrected chi connectivity index (χ0v) is 10.7. The third-order valence-corrected chi connectivity index (χ3v) is 3.56. The number of hydrogen-bond acceptors (Lipinski definition) is 3. The number of halogens is 1. The third kappa shape index (κ3) is 3.33. The lowest BCUT2D eigenvalue weighted by Crippen LogP contribution is -2.15. The molecule has 2 aromatic heterocycles. The molecule has 2 heterocycles. The highest BCUT2D eigenvalue weighted by Crippen LogP contribution is 2.21. The van der Waals surface area contributed by atoms with Crippen molar-refractivity contribution in [3.63, 3.8) is 0 Å². The number of hydrogen-bond donors (Lipinski definition) is 1. The van der Waals surface area contributed by atoms with E-state index >= 15 is 0 Å². The van der Waals surface area contributed by atoms with Gasteiger partial charge < -0.3 is 5.32 Å². The number of rotatable bonds is 5. The molecule has 0 aromatic carbocycles. The Morgan fingerprint density at radius 1 is 1.50 bits per heavy atom. The van der Waals surface area contributed by atoms with Crippen molar-refractivity contribution in [1.29, 1.82) is 0 Å². The van der Waals surface area contributed by atoms with Crippen molar-refractivity contribution in [2.75, 3.05) is 6.54 Å². The second kappa shape index (κ2) is 5.48. The molecule has 0 bridgehead atoms. The average Bonchev–Trinajstić information content (AvgIpc) is 2.83. The topological polar surface area (TPSA) is 29.9 Å². The van der Waals surface area contributed by atoms with E-state index < -0.39 is 0 Å². The predicted molar refractivity (Wildman–Crippen MR) is 67.9 cm³/mol. The summed E-state index contributed by atoms with van der Waals surface area (Å²) in [7, 11) is 1.93. The van der Waals surface area contributed by atoms with Crippen LogP contribution in [0.25, 0.3) is 0 Å². The molecule has 3 nitrogen and oxygen atoms in total. The molecular formula is C11H14ClN3S. The third-order valence-electron chi connectivity index (χ3n) is 2.26. The van der Waals surface area contributed by atoms with E-state index in [0.29, 0.717) is 0 Å². The van der Waals surface area contributed by atoms with E-state index in [2.05, 4.69) is 16.5 Å². The van der Waals surface area contributed by atoms with Crippen molar-refractivity contribution >= 4 is 22.9 Å². The summed E-state index contributed by atoms with van der Waals surface area (Å²) in [6, 6.07) is 4.03. The maximum Gasteiger partial charge on any atom is 0.0931 e. The largest absolute Gasteiger partial charge is 0.312 e. The first-order valence-corrected chi connectivity index (χ1v) is 6.36. The molecule has 0 unspecified atom stereocenters. The van der Waals surface area contributed by atoms with Gasteiger partial charge in [-0.1, -0.05) is 11.6 Å². The van der Waals surface area contributed by atoms with Gasteiger partial charge in [-0.3, -0.25) is 4.68 Å². The fourth-order valence-electron chi connectivity index (χ4n) is 1.49. The van der Waals surface area contributed by atoms with Gasteiger partial charge >= 0.3 is 0 Å². The van der Waals surface area contributed by atoms with Crippen LogP contribution in [0, 0.1) is 0 Å². The number of nitrogens with zero attached hydrogens (tertiary/aromatic N) is 2. The van der Waals surface area contributed by atoms with Gasteiger partial charge in [-0.2, -0.15) is 5.10 Å². The summed E-state index contributed by atoms with van der Waals surface area (Å²) in [5.74, 6) is 0. The molecule has 1 N–H and O–H groups in total. The van der Waals surface area contributed by atoms with Crippen molar-refractivity contribution in [2.24, 2.45) is 7.05 Å². The Morgan fingerprint density at radius 2 is 2.38 bits per heavy atom.